The summed E-state index contributed by atoms with van der Waals surface area (Å²) < 4.78 is 13.6. The van der Waals surface area contributed by atoms with Crippen molar-refractivity contribution in [3.05, 3.63) is 54.1 Å². The summed E-state index contributed by atoms with van der Waals surface area (Å²) in [4.78, 5) is 26.0. The molecular formula is C13H10FN3O2. The van der Waals surface area contributed by atoms with Gasteiger partial charge in [0.1, 0.15) is 5.82 Å². The van der Waals surface area contributed by atoms with Gasteiger partial charge in [0.05, 0.1) is 17.4 Å². The summed E-state index contributed by atoms with van der Waals surface area (Å²) in [6, 6.07) is 7.02. The number of halogens is 1. The first-order valence-corrected chi connectivity index (χ1v) is 5.42. The van der Waals surface area contributed by atoms with Crippen LogP contribution in [0.25, 0.3) is 0 Å². The van der Waals surface area contributed by atoms with Crippen LogP contribution in [0, 0.1) is 5.82 Å². The molecule has 0 atom stereocenters. The maximum atomic E-state index is 13.6. The predicted octanol–water partition coefficient (Wildman–Crippen LogP) is 2.04. The van der Waals surface area contributed by atoms with Crippen molar-refractivity contribution >= 4 is 23.7 Å². The minimum absolute atomic E-state index is 0.157. The first kappa shape index (κ1) is 12.7. The first-order chi connectivity index (χ1) is 9.20. The highest BCUT2D eigenvalue weighted by Gasteiger charge is 2.12. The van der Waals surface area contributed by atoms with E-state index in [0.717, 1.165) is 6.07 Å². The lowest BCUT2D eigenvalue weighted by atomic mass is 10.1. The van der Waals surface area contributed by atoms with Gasteiger partial charge >= 0.3 is 0 Å². The first-order valence-electron chi connectivity index (χ1n) is 5.42. The van der Waals surface area contributed by atoms with E-state index in [9.17, 15) is 14.0 Å². The zero-order valence-electron chi connectivity index (χ0n) is 9.76. The molecule has 2 amide bonds. The van der Waals surface area contributed by atoms with Gasteiger partial charge in [0, 0.05) is 11.9 Å². The normalized spacial score (nSPS) is 9.74. The summed E-state index contributed by atoms with van der Waals surface area (Å²) in [6.45, 7) is 0. The second kappa shape index (κ2) is 5.72. The fraction of sp³-hybridized carbons (Fsp3) is 0. The molecule has 5 nitrogen and oxygen atoms in total. The van der Waals surface area contributed by atoms with Crippen molar-refractivity contribution < 1.29 is 14.0 Å². The lowest BCUT2D eigenvalue weighted by molar-refractivity contribution is -0.105. The molecule has 2 aromatic rings. The number of nitrogens with one attached hydrogen (secondary N) is 2. The number of anilines is 2. The standard InChI is InChI=1S/C13H10FN3O2/c14-12-4-3-9(16-8-18)6-11(12)13(19)17-10-2-1-5-15-7-10/h1-8H,(H,16,18)(H,17,19). The van der Waals surface area contributed by atoms with E-state index < -0.39 is 11.7 Å². The van der Waals surface area contributed by atoms with Crippen LogP contribution in [0.1, 0.15) is 10.4 Å². The Morgan fingerprint density at radius 1 is 1.26 bits per heavy atom. The van der Waals surface area contributed by atoms with E-state index in [2.05, 4.69) is 15.6 Å². The molecule has 96 valence electrons. The second-order valence-electron chi connectivity index (χ2n) is 3.65. The number of carbonyl (C=O) groups is 2. The molecule has 1 heterocycles. The van der Waals surface area contributed by atoms with Crippen LogP contribution in [0.5, 0.6) is 0 Å². The highest BCUT2D eigenvalue weighted by atomic mass is 19.1. The summed E-state index contributed by atoms with van der Waals surface area (Å²) in [6.07, 6.45) is 3.46. The van der Waals surface area contributed by atoms with Crippen molar-refractivity contribution in [2.45, 2.75) is 0 Å². The minimum Gasteiger partial charge on any atom is -0.329 e. The third-order valence-electron chi connectivity index (χ3n) is 2.36. The smallest absolute Gasteiger partial charge is 0.258 e. The maximum Gasteiger partial charge on any atom is 0.258 e. The SMILES string of the molecule is O=CNc1ccc(F)c(C(=O)Nc2cccnc2)c1. The van der Waals surface area contributed by atoms with Gasteiger partial charge in [-0.3, -0.25) is 14.6 Å². The molecular weight excluding hydrogens is 249 g/mol. The van der Waals surface area contributed by atoms with E-state index in [1.165, 1.54) is 18.3 Å². The maximum absolute atomic E-state index is 13.6. The molecule has 1 aromatic carbocycles. The Bertz CT molecular complexity index is 602. The zero-order chi connectivity index (χ0) is 13.7. The van der Waals surface area contributed by atoms with Crippen LogP contribution in [0.3, 0.4) is 0 Å². The Hall–Kier alpha value is -2.76. The van der Waals surface area contributed by atoms with Gasteiger partial charge in [-0.25, -0.2) is 4.39 Å². The van der Waals surface area contributed by atoms with E-state index in [1.54, 1.807) is 18.3 Å². The van der Waals surface area contributed by atoms with Crippen molar-refractivity contribution in [1.29, 1.82) is 0 Å². The summed E-state index contributed by atoms with van der Waals surface area (Å²) in [5.74, 6) is -1.28. The number of benzene rings is 1. The molecule has 0 bridgehead atoms. The fourth-order valence-corrected chi connectivity index (χ4v) is 1.49. The van der Waals surface area contributed by atoms with Crippen LogP contribution in [-0.4, -0.2) is 17.3 Å². The molecule has 6 heteroatoms. The average Bonchev–Trinajstić information content (AvgIpc) is 2.42. The van der Waals surface area contributed by atoms with Crippen molar-refractivity contribution in [3.8, 4) is 0 Å². The van der Waals surface area contributed by atoms with E-state index >= 15 is 0 Å². The zero-order valence-corrected chi connectivity index (χ0v) is 9.76. The number of carbonyl (C=O) groups excluding carboxylic acids is 2. The van der Waals surface area contributed by atoms with Crippen molar-refractivity contribution in [3.63, 3.8) is 0 Å². The molecule has 0 unspecified atom stereocenters. The van der Waals surface area contributed by atoms with E-state index in [-0.39, 0.29) is 5.56 Å². The van der Waals surface area contributed by atoms with E-state index in [0.29, 0.717) is 17.8 Å². The third-order valence-corrected chi connectivity index (χ3v) is 2.36. The molecule has 2 rings (SSSR count). The predicted molar refractivity (Wildman–Crippen MR) is 68.3 cm³/mol. The largest absolute Gasteiger partial charge is 0.329 e. The molecule has 0 aliphatic rings. The highest BCUT2D eigenvalue weighted by Crippen LogP contribution is 2.16. The number of aromatic nitrogens is 1. The summed E-state index contributed by atoms with van der Waals surface area (Å²) in [7, 11) is 0. The molecule has 0 aliphatic heterocycles. The third kappa shape index (κ3) is 3.12. The Balaban J connectivity index is 2.23. The lowest BCUT2D eigenvalue weighted by Gasteiger charge is -2.07. The molecule has 19 heavy (non-hydrogen) atoms. The van der Waals surface area contributed by atoms with Crippen LogP contribution >= 0.6 is 0 Å². The fourth-order valence-electron chi connectivity index (χ4n) is 1.49. The molecule has 1 aromatic heterocycles. The van der Waals surface area contributed by atoms with Crippen LogP contribution in [0.2, 0.25) is 0 Å². The van der Waals surface area contributed by atoms with E-state index in [1.807, 2.05) is 0 Å². The van der Waals surface area contributed by atoms with Crippen LogP contribution in [0.15, 0.2) is 42.7 Å². The Labute approximate surface area is 108 Å². The molecule has 2 N–H and O–H groups in total. The highest BCUT2D eigenvalue weighted by molar-refractivity contribution is 6.05. The summed E-state index contributed by atoms with van der Waals surface area (Å²) >= 11 is 0. The topological polar surface area (TPSA) is 71.1 Å². The number of nitrogens with zero attached hydrogens (tertiary/aromatic N) is 1. The average molecular weight is 259 g/mol. The number of hydrogen-bond donors (Lipinski definition) is 2. The van der Waals surface area contributed by atoms with Crippen LogP contribution in [-0.2, 0) is 4.79 Å². The van der Waals surface area contributed by atoms with Gasteiger partial charge in [-0.2, -0.15) is 0 Å². The van der Waals surface area contributed by atoms with Gasteiger partial charge < -0.3 is 10.6 Å². The van der Waals surface area contributed by atoms with Gasteiger partial charge in [-0.15, -0.1) is 0 Å². The van der Waals surface area contributed by atoms with Gasteiger partial charge in [0.15, 0.2) is 0 Å². The van der Waals surface area contributed by atoms with Gasteiger partial charge in [-0.1, -0.05) is 0 Å². The quantitative estimate of drug-likeness (QED) is 0.825. The van der Waals surface area contributed by atoms with E-state index in [4.69, 9.17) is 0 Å². The van der Waals surface area contributed by atoms with Gasteiger partial charge in [0.2, 0.25) is 6.41 Å². The Kier molecular flexibility index (Phi) is 3.82. The number of amides is 2. The minimum atomic E-state index is -0.669. The van der Waals surface area contributed by atoms with Crippen molar-refractivity contribution in [2.24, 2.45) is 0 Å². The molecule has 0 aliphatic carbocycles. The molecule has 0 fully saturated rings. The van der Waals surface area contributed by atoms with Crippen LogP contribution in [0.4, 0.5) is 15.8 Å². The molecule has 0 radical (unpaired) electrons. The Morgan fingerprint density at radius 3 is 2.79 bits per heavy atom. The monoisotopic (exact) mass is 259 g/mol. The number of rotatable bonds is 4. The number of pyridine rings is 1. The lowest BCUT2D eigenvalue weighted by Crippen LogP contribution is -2.14. The van der Waals surface area contributed by atoms with Crippen molar-refractivity contribution in [2.75, 3.05) is 10.6 Å². The van der Waals surface area contributed by atoms with Crippen LogP contribution < -0.4 is 10.6 Å². The number of hydrogen-bond acceptors (Lipinski definition) is 3. The Morgan fingerprint density at radius 2 is 2.11 bits per heavy atom. The molecule has 0 saturated heterocycles. The van der Waals surface area contributed by atoms with Gasteiger partial charge in [0.25, 0.3) is 5.91 Å². The van der Waals surface area contributed by atoms with Gasteiger partial charge in [-0.05, 0) is 30.3 Å². The molecule has 0 saturated carbocycles. The molecule has 0 spiro atoms. The summed E-state index contributed by atoms with van der Waals surface area (Å²) in [5, 5.41) is 4.87. The van der Waals surface area contributed by atoms with Crippen molar-refractivity contribution in [1.82, 2.24) is 4.98 Å². The second-order valence-corrected chi connectivity index (χ2v) is 3.65. The summed E-state index contributed by atoms with van der Waals surface area (Å²) in [5.41, 5.74) is 0.643.